The van der Waals surface area contributed by atoms with E-state index in [-0.39, 0.29) is 24.0 Å². The number of hydrogen-bond acceptors (Lipinski definition) is 3. The molecule has 0 saturated carbocycles. The second-order valence-electron chi connectivity index (χ2n) is 6.33. The molecule has 1 aromatic heterocycles. The third-order valence-electron chi connectivity index (χ3n) is 4.51. The van der Waals surface area contributed by atoms with E-state index in [1.807, 2.05) is 18.4 Å². The second-order valence-corrected chi connectivity index (χ2v) is 7.31. The minimum atomic E-state index is 0. The van der Waals surface area contributed by atoms with E-state index in [1.54, 1.807) is 0 Å². The highest BCUT2D eigenvalue weighted by molar-refractivity contribution is 14.0. The Bertz CT molecular complexity index is 441. The van der Waals surface area contributed by atoms with Crippen LogP contribution < -0.4 is 10.6 Å². The van der Waals surface area contributed by atoms with Gasteiger partial charge in [0.05, 0.1) is 0 Å². The Morgan fingerprint density at radius 1 is 1.39 bits per heavy atom. The highest BCUT2D eigenvalue weighted by Gasteiger charge is 2.16. The van der Waals surface area contributed by atoms with Crippen molar-refractivity contribution in [1.29, 1.82) is 0 Å². The van der Waals surface area contributed by atoms with Crippen molar-refractivity contribution in [1.82, 2.24) is 15.5 Å². The van der Waals surface area contributed by atoms with E-state index in [9.17, 15) is 0 Å². The summed E-state index contributed by atoms with van der Waals surface area (Å²) in [6, 6.07) is 4.32. The number of rotatable bonds is 6. The Balaban J connectivity index is 0.00000264. The van der Waals surface area contributed by atoms with Crippen molar-refractivity contribution in [3.63, 3.8) is 0 Å². The third-order valence-corrected chi connectivity index (χ3v) is 5.62. The molecule has 6 heteroatoms. The van der Waals surface area contributed by atoms with Gasteiger partial charge in [0.1, 0.15) is 0 Å². The molecule has 1 aliphatic heterocycles. The fourth-order valence-corrected chi connectivity index (χ4v) is 3.68. The van der Waals surface area contributed by atoms with Crippen LogP contribution >= 0.6 is 35.3 Å². The molecule has 2 heterocycles. The summed E-state index contributed by atoms with van der Waals surface area (Å²) in [6.07, 6.45) is 3.91. The van der Waals surface area contributed by atoms with Gasteiger partial charge in [0.15, 0.2) is 5.96 Å². The standard InChI is InChI=1S/C17H30N4S.HI/c1-14(16-5-4-12-22-16)13-20-17(18-2)19-9-6-15-7-10-21(3)11-8-15;/h4-5,12,14-15H,6-11,13H2,1-3H3,(H2,18,19,20);1H. The second kappa shape index (κ2) is 11.3. The van der Waals surface area contributed by atoms with Crippen LogP contribution in [-0.2, 0) is 0 Å². The molecular formula is C17H31IN4S. The van der Waals surface area contributed by atoms with E-state index in [1.165, 1.54) is 37.2 Å². The minimum Gasteiger partial charge on any atom is -0.356 e. The van der Waals surface area contributed by atoms with Crippen molar-refractivity contribution >= 4 is 41.3 Å². The summed E-state index contributed by atoms with van der Waals surface area (Å²) in [6.45, 7) is 6.69. The van der Waals surface area contributed by atoms with E-state index in [4.69, 9.17) is 0 Å². The molecule has 1 aliphatic rings. The van der Waals surface area contributed by atoms with Gasteiger partial charge in [-0.05, 0) is 56.8 Å². The predicted octanol–water partition coefficient (Wildman–Crippen LogP) is 3.37. The van der Waals surface area contributed by atoms with Crippen molar-refractivity contribution in [2.24, 2.45) is 10.9 Å². The first-order valence-electron chi connectivity index (χ1n) is 8.35. The van der Waals surface area contributed by atoms with Crippen LogP contribution in [0, 0.1) is 5.92 Å². The first-order valence-corrected chi connectivity index (χ1v) is 9.23. The van der Waals surface area contributed by atoms with Crippen LogP contribution in [0.3, 0.4) is 0 Å². The summed E-state index contributed by atoms with van der Waals surface area (Å²) in [5.74, 6) is 2.32. The molecule has 4 nitrogen and oxygen atoms in total. The molecule has 23 heavy (non-hydrogen) atoms. The molecule has 1 saturated heterocycles. The lowest BCUT2D eigenvalue weighted by atomic mass is 9.94. The average molecular weight is 450 g/mol. The van der Waals surface area contributed by atoms with Crippen LogP contribution in [0.5, 0.6) is 0 Å². The number of aliphatic imine (C=N–C) groups is 1. The highest BCUT2D eigenvalue weighted by atomic mass is 127. The molecule has 0 amide bonds. The summed E-state index contributed by atoms with van der Waals surface area (Å²) in [5.41, 5.74) is 0. The summed E-state index contributed by atoms with van der Waals surface area (Å²) in [4.78, 5) is 8.18. The van der Waals surface area contributed by atoms with E-state index >= 15 is 0 Å². The monoisotopic (exact) mass is 450 g/mol. The van der Waals surface area contributed by atoms with Gasteiger partial charge in [0.25, 0.3) is 0 Å². The predicted molar refractivity (Wildman–Crippen MR) is 112 cm³/mol. The number of likely N-dealkylation sites (tertiary alicyclic amines) is 1. The Hall–Kier alpha value is -0.340. The van der Waals surface area contributed by atoms with E-state index in [0.29, 0.717) is 5.92 Å². The van der Waals surface area contributed by atoms with Crippen molar-refractivity contribution in [3.8, 4) is 0 Å². The number of nitrogens with one attached hydrogen (secondary N) is 2. The van der Waals surface area contributed by atoms with Crippen LogP contribution in [0.1, 0.15) is 37.0 Å². The lowest BCUT2D eigenvalue weighted by Gasteiger charge is -2.29. The van der Waals surface area contributed by atoms with E-state index in [2.05, 4.69) is 52.0 Å². The first-order chi connectivity index (χ1) is 10.7. The molecule has 0 bridgehead atoms. The lowest BCUT2D eigenvalue weighted by molar-refractivity contribution is 0.213. The molecule has 0 spiro atoms. The smallest absolute Gasteiger partial charge is 0.190 e. The molecule has 1 atom stereocenters. The van der Waals surface area contributed by atoms with E-state index in [0.717, 1.165) is 25.0 Å². The normalized spacial score (nSPS) is 18.3. The number of hydrogen-bond donors (Lipinski definition) is 2. The van der Waals surface area contributed by atoms with Gasteiger partial charge in [-0.25, -0.2) is 0 Å². The van der Waals surface area contributed by atoms with Gasteiger partial charge in [0.2, 0.25) is 0 Å². The summed E-state index contributed by atoms with van der Waals surface area (Å²) < 4.78 is 0. The molecule has 0 aromatic carbocycles. The maximum atomic E-state index is 4.33. The van der Waals surface area contributed by atoms with Crippen LogP contribution in [0.2, 0.25) is 0 Å². The number of halogens is 1. The Morgan fingerprint density at radius 2 is 2.13 bits per heavy atom. The zero-order valence-electron chi connectivity index (χ0n) is 14.5. The van der Waals surface area contributed by atoms with Crippen molar-refractivity contribution in [2.45, 2.75) is 32.1 Å². The highest BCUT2D eigenvalue weighted by Crippen LogP contribution is 2.20. The zero-order chi connectivity index (χ0) is 15.8. The molecular weight excluding hydrogens is 419 g/mol. The Labute approximate surface area is 162 Å². The van der Waals surface area contributed by atoms with Crippen molar-refractivity contribution < 1.29 is 0 Å². The van der Waals surface area contributed by atoms with Gasteiger partial charge in [-0.2, -0.15) is 0 Å². The quantitative estimate of drug-likeness (QED) is 0.397. The summed E-state index contributed by atoms with van der Waals surface area (Å²) >= 11 is 1.82. The lowest BCUT2D eigenvalue weighted by Crippen LogP contribution is -2.40. The largest absolute Gasteiger partial charge is 0.356 e. The van der Waals surface area contributed by atoms with Crippen LogP contribution in [0.4, 0.5) is 0 Å². The Morgan fingerprint density at radius 3 is 2.74 bits per heavy atom. The van der Waals surface area contributed by atoms with Gasteiger partial charge < -0.3 is 15.5 Å². The number of guanidine groups is 1. The van der Waals surface area contributed by atoms with Gasteiger partial charge in [-0.15, -0.1) is 35.3 Å². The first kappa shape index (κ1) is 20.7. The topological polar surface area (TPSA) is 39.7 Å². The van der Waals surface area contributed by atoms with Crippen molar-refractivity contribution in [3.05, 3.63) is 22.4 Å². The third kappa shape index (κ3) is 7.39. The van der Waals surface area contributed by atoms with Gasteiger partial charge in [0, 0.05) is 30.9 Å². The number of piperidine rings is 1. The molecule has 2 N–H and O–H groups in total. The average Bonchev–Trinajstić information content (AvgIpc) is 3.06. The molecule has 132 valence electrons. The molecule has 0 radical (unpaired) electrons. The van der Waals surface area contributed by atoms with Gasteiger partial charge in [-0.3, -0.25) is 4.99 Å². The Kier molecular flexibility index (Phi) is 10.1. The van der Waals surface area contributed by atoms with Crippen LogP contribution in [-0.4, -0.2) is 51.1 Å². The summed E-state index contributed by atoms with van der Waals surface area (Å²) in [7, 11) is 4.07. The van der Waals surface area contributed by atoms with Crippen LogP contribution in [0.15, 0.2) is 22.5 Å². The SMILES string of the molecule is CN=C(NCCC1CCN(C)CC1)NCC(C)c1cccs1.I. The maximum absolute atomic E-state index is 4.33. The van der Waals surface area contributed by atoms with Gasteiger partial charge >= 0.3 is 0 Å². The minimum absolute atomic E-state index is 0. The molecule has 1 fully saturated rings. The molecule has 0 aliphatic carbocycles. The fraction of sp³-hybridized carbons (Fsp3) is 0.706. The molecule has 1 unspecified atom stereocenters. The van der Waals surface area contributed by atoms with Crippen molar-refractivity contribution in [2.75, 3.05) is 40.3 Å². The summed E-state index contributed by atoms with van der Waals surface area (Å²) in [5, 5.41) is 9.04. The maximum Gasteiger partial charge on any atom is 0.190 e. The number of nitrogens with zero attached hydrogens (tertiary/aromatic N) is 2. The van der Waals surface area contributed by atoms with Gasteiger partial charge in [-0.1, -0.05) is 13.0 Å². The molecule has 1 aromatic rings. The molecule has 2 rings (SSSR count). The van der Waals surface area contributed by atoms with E-state index < -0.39 is 0 Å². The van der Waals surface area contributed by atoms with Crippen LogP contribution in [0.25, 0.3) is 0 Å². The fourth-order valence-electron chi connectivity index (χ4n) is 2.89. The zero-order valence-corrected chi connectivity index (χ0v) is 17.7. The number of thiophene rings is 1.